The maximum Gasteiger partial charge on any atom is 0.103 e. The molecule has 0 amide bonds. The maximum atomic E-state index is 9.09. The van der Waals surface area contributed by atoms with Crippen LogP contribution in [0.15, 0.2) is 24.3 Å². The second-order valence-corrected chi connectivity index (χ2v) is 5.63. The summed E-state index contributed by atoms with van der Waals surface area (Å²) in [4.78, 5) is 2.49. The number of fused-ring (bicyclic) bond motifs is 1. The third kappa shape index (κ3) is 3.56. The fraction of sp³-hybridized carbons (Fsp3) is 0.562. The van der Waals surface area contributed by atoms with Gasteiger partial charge in [0.15, 0.2) is 0 Å². The number of nitriles is 1. The summed E-state index contributed by atoms with van der Waals surface area (Å²) in [5.74, 6) is 0. The standard InChI is InChI=1S/C16H23N3/c1-16(13-17,18-2)9-5-6-10-19-11-14-7-3-4-8-15(14)12-19/h3-4,7-8,18H,5-6,9-12H2,1-2H3. The Hall–Kier alpha value is -1.37. The lowest BCUT2D eigenvalue weighted by molar-refractivity contribution is 0.272. The Kier molecular flexibility index (Phi) is 4.57. The number of hydrogen-bond acceptors (Lipinski definition) is 3. The van der Waals surface area contributed by atoms with Gasteiger partial charge in [0.2, 0.25) is 0 Å². The van der Waals surface area contributed by atoms with Crippen molar-refractivity contribution >= 4 is 0 Å². The number of hydrogen-bond donors (Lipinski definition) is 1. The molecule has 3 nitrogen and oxygen atoms in total. The molecule has 0 aliphatic carbocycles. The van der Waals surface area contributed by atoms with Gasteiger partial charge in [-0.1, -0.05) is 24.3 Å². The topological polar surface area (TPSA) is 39.1 Å². The van der Waals surface area contributed by atoms with Crippen LogP contribution in [-0.4, -0.2) is 24.0 Å². The lowest BCUT2D eigenvalue weighted by atomic mass is 9.97. The van der Waals surface area contributed by atoms with E-state index in [-0.39, 0.29) is 5.54 Å². The molecule has 0 spiro atoms. The van der Waals surface area contributed by atoms with E-state index in [4.69, 9.17) is 5.26 Å². The fourth-order valence-electron chi connectivity index (χ4n) is 2.61. The van der Waals surface area contributed by atoms with Crippen molar-refractivity contribution in [3.63, 3.8) is 0 Å². The van der Waals surface area contributed by atoms with E-state index in [2.05, 4.69) is 40.6 Å². The van der Waals surface area contributed by atoms with Crippen molar-refractivity contribution < 1.29 is 0 Å². The molecule has 2 rings (SSSR count). The number of unbranched alkanes of at least 4 members (excludes halogenated alkanes) is 1. The first-order valence-corrected chi connectivity index (χ1v) is 7.06. The minimum absolute atomic E-state index is 0.367. The molecule has 0 aromatic heterocycles. The van der Waals surface area contributed by atoms with E-state index in [1.165, 1.54) is 11.1 Å². The van der Waals surface area contributed by atoms with Crippen molar-refractivity contribution in [2.75, 3.05) is 13.6 Å². The van der Waals surface area contributed by atoms with E-state index in [1.54, 1.807) is 0 Å². The van der Waals surface area contributed by atoms with Crippen molar-refractivity contribution in [2.45, 2.75) is 44.8 Å². The first kappa shape index (κ1) is 14.0. The summed E-state index contributed by atoms with van der Waals surface area (Å²) in [6, 6.07) is 11.0. The molecular weight excluding hydrogens is 234 g/mol. The van der Waals surface area contributed by atoms with E-state index in [9.17, 15) is 0 Å². The first-order chi connectivity index (χ1) is 9.17. The van der Waals surface area contributed by atoms with Gasteiger partial charge in [-0.25, -0.2) is 0 Å². The molecule has 1 aliphatic heterocycles. The Morgan fingerprint density at radius 2 is 1.89 bits per heavy atom. The van der Waals surface area contributed by atoms with E-state index >= 15 is 0 Å². The van der Waals surface area contributed by atoms with Crippen LogP contribution in [0.4, 0.5) is 0 Å². The average molecular weight is 257 g/mol. The molecule has 1 atom stereocenters. The number of nitrogens with zero attached hydrogens (tertiary/aromatic N) is 2. The Morgan fingerprint density at radius 1 is 1.26 bits per heavy atom. The molecule has 0 saturated carbocycles. The molecule has 1 aliphatic rings. The van der Waals surface area contributed by atoms with Gasteiger partial charge < -0.3 is 5.32 Å². The summed E-state index contributed by atoms with van der Waals surface area (Å²) in [5.41, 5.74) is 2.58. The van der Waals surface area contributed by atoms with Gasteiger partial charge in [0, 0.05) is 13.1 Å². The fourth-order valence-corrected chi connectivity index (χ4v) is 2.61. The molecule has 0 saturated heterocycles. The van der Waals surface area contributed by atoms with E-state index in [0.717, 1.165) is 38.9 Å². The van der Waals surface area contributed by atoms with Crippen molar-refractivity contribution in [1.29, 1.82) is 5.26 Å². The van der Waals surface area contributed by atoms with E-state index in [1.807, 2.05) is 14.0 Å². The van der Waals surface area contributed by atoms with Gasteiger partial charge in [-0.15, -0.1) is 0 Å². The lowest BCUT2D eigenvalue weighted by Gasteiger charge is -2.21. The average Bonchev–Trinajstić information content (AvgIpc) is 2.86. The summed E-state index contributed by atoms with van der Waals surface area (Å²) in [6.45, 7) is 5.26. The van der Waals surface area contributed by atoms with Crippen LogP contribution >= 0.6 is 0 Å². The Bertz CT molecular complexity index is 438. The highest BCUT2D eigenvalue weighted by Gasteiger charge is 2.21. The Labute approximate surface area is 116 Å². The van der Waals surface area contributed by atoms with Gasteiger partial charge in [-0.05, 0) is 50.9 Å². The number of benzene rings is 1. The summed E-state index contributed by atoms with van der Waals surface area (Å²) in [5, 5.41) is 12.2. The molecule has 1 aromatic carbocycles. The second-order valence-electron chi connectivity index (χ2n) is 5.63. The molecule has 1 heterocycles. The molecule has 1 aromatic rings. The zero-order chi connectivity index (χ0) is 13.7. The maximum absolute atomic E-state index is 9.09. The largest absolute Gasteiger partial charge is 0.303 e. The summed E-state index contributed by atoms with van der Waals surface area (Å²) < 4.78 is 0. The van der Waals surface area contributed by atoms with Gasteiger partial charge in [-0.3, -0.25) is 4.90 Å². The highest BCUT2D eigenvalue weighted by atomic mass is 15.1. The zero-order valence-corrected chi connectivity index (χ0v) is 11.9. The first-order valence-electron chi connectivity index (χ1n) is 7.06. The minimum atomic E-state index is -0.367. The molecular formula is C16H23N3. The molecule has 19 heavy (non-hydrogen) atoms. The van der Waals surface area contributed by atoms with Crippen molar-refractivity contribution in [2.24, 2.45) is 0 Å². The van der Waals surface area contributed by atoms with Gasteiger partial charge in [0.05, 0.1) is 6.07 Å². The van der Waals surface area contributed by atoms with Gasteiger partial charge in [0.25, 0.3) is 0 Å². The molecule has 0 radical (unpaired) electrons. The molecule has 0 bridgehead atoms. The second kappa shape index (κ2) is 6.18. The predicted octanol–water partition coefficient (Wildman–Crippen LogP) is 2.67. The highest BCUT2D eigenvalue weighted by molar-refractivity contribution is 5.30. The van der Waals surface area contributed by atoms with Crippen LogP contribution < -0.4 is 5.32 Å². The summed E-state index contributed by atoms with van der Waals surface area (Å²) in [7, 11) is 1.86. The van der Waals surface area contributed by atoms with Crippen LogP contribution in [0.3, 0.4) is 0 Å². The Morgan fingerprint density at radius 3 is 2.42 bits per heavy atom. The van der Waals surface area contributed by atoms with Gasteiger partial charge in [-0.2, -0.15) is 5.26 Å². The van der Waals surface area contributed by atoms with Crippen LogP contribution in [0.25, 0.3) is 0 Å². The van der Waals surface area contributed by atoms with E-state index in [0.29, 0.717) is 0 Å². The highest BCUT2D eigenvalue weighted by Crippen LogP contribution is 2.22. The SMILES string of the molecule is CNC(C)(C#N)CCCCN1Cc2ccccc2C1. The molecule has 1 unspecified atom stereocenters. The quantitative estimate of drug-likeness (QED) is 0.796. The van der Waals surface area contributed by atoms with Crippen LogP contribution in [-0.2, 0) is 13.1 Å². The van der Waals surface area contributed by atoms with E-state index < -0.39 is 0 Å². The van der Waals surface area contributed by atoms with Crippen LogP contribution in [0.1, 0.15) is 37.3 Å². The predicted molar refractivity (Wildman–Crippen MR) is 77.5 cm³/mol. The third-order valence-electron chi connectivity index (χ3n) is 4.11. The summed E-state index contributed by atoms with van der Waals surface area (Å²) >= 11 is 0. The smallest absolute Gasteiger partial charge is 0.103 e. The van der Waals surface area contributed by atoms with Crippen LogP contribution in [0, 0.1) is 11.3 Å². The van der Waals surface area contributed by atoms with Gasteiger partial charge >= 0.3 is 0 Å². The lowest BCUT2D eigenvalue weighted by Crippen LogP contribution is -2.38. The van der Waals surface area contributed by atoms with Gasteiger partial charge in [0.1, 0.15) is 5.54 Å². The van der Waals surface area contributed by atoms with Crippen molar-refractivity contribution in [1.82, 2.24) is 10.2 Å². The third-order valence-corrected chi connectivity index (χ3v) is 4.11. The van der Waals surface area contributed by atoms with Crippen LogP contribution in [0.2, 0.25) is 0 Å². The molecule has 0 fully saturated rings. The van der Waals surface area contributed by atoms with Crippen molar-refractivity contribution in [3.8, 4) is 6.07 Å². The number of rotatable bonds is 6. The molecule has 3 heteroatoms. The summed E-state index contributed by atoms with van der Waals surface area (Å²) in [6.07, 6.45) is 3.17. The monoisotopic (exact) mass is 257 g/mol. The molecule has 102 valence electrons. The van der Waals surface area contributed by atoms with Crippen LogP contribution in [0.5, 0.6) is 0 Å². The number of nitrogens with one attached hydrogen (secondary N) is 1. The Balaban J connectivity index is 1.70. The minimum Gasteiger partial charge on any atom is -0.303 e. The zero-order valence-electron chi connectivity index (χ0n) is 11.9. The molecule has 1 N–H and O–H groups in total. The van der Waals surface area contributed by atoms with Crippen molar-refractivity contribution in [3.05, 3.63) is 35.4 Å². The normalized spacial score (nSPS) is 17.7.